The molecule has 18 heavy (non-hydrogen) atoms. The standard InChI is InChI=1S/C15H12N2S/c18-15-14(10-11-6-2-1-3-7-11)16-12-8-4-5-9-13(12)17-15/h1-9H,10H2,(H,17,18). The van der Waals surface area contributed by atoms with E-state index in [-0.39, 0.29) is 0 Å². The van der Waals surface area contributed by atoms with Crippen LogP contribution in [0.1, 0.15) is 11.3 Å². The molecule has 0 unspecified atom stereocenters. The molecule has 0 aliphatic heterocycles. The van der Waals surface area contributed by atoms with E-state index in [9.17, 15) is 0 Å². The van der Waals surface area contributed by atoms with Gasteiger partial charge in [-0.25, -0.2) is 9.97 Å². The Kier molecular flexibility index (Phi) is 2.99. The van der Waals surface area contributed by atoms with E-state index in [1.807, 2.05) is 42.5 Å². The molecule has 0 saturated heterocycles. The van der Waals surface area contributed by atoms with Gasteiger partial charge in [-0.3, -0.25) is 0 Å². The first kappa shape index (κ1) is 11.2. The molecule has 0 N–H and O–H groups in total. The van der Waals surface area contributed by atoms with Crippen molar-refractivity contribution in [3.8, 4) is 0 Å². The summed E-state index contributed by atoms with van der Waals surface area (Å²) < 4.78 is 0. The molecule has 0 saturated carbocycles. The Morgan fingerprint density at radius 3 is 2.11 bits per heavy atom. The quantitative estimate of drug-likeness (QED) is 0.706. The van der Waals surface area contributed by atoms with Gasteiger partial charge in [0.2, 0.25) is 0 Å². The van der Waals surface area contributed by atoms with Crippen molar-refractivity contribution in [3.05, 3.63) is 65.9 Å². The molecule has 3 aromatic rings. The fourth-order valence-electron chi connectivity index (χ4n) is 1.94. The second-order valence-electron chi connectivity index (χ2n) is 4.14. The normalized spacial score (nSPS) is 10.7. The second-order valence-corrected chi connectivity index (χ2v) is 4.57. The van der Waals surface area contributed by atoms with Crippen molar-refractivity contribution in [2.24, 2.45) is 0 Å². The molecule has 0 aliphatic rings. The van der Waals surface area contributed by atoms with Crippen molar-refractivity contribution >= 4 is 23.7 Å². The lowest BCUT2D eigenvalue weighted by atomic mass is 10.1. The SMILES string of the molecule is Sc1nc2ccccc2nc1Cc1ccccc1. The summed E-state index contributed by atoms with van der Waals surface area (Å²) in [5.41, 5.74) is 3.95. The molecule has 2 nitrogen and oxygen atoms in total. The fourth-order valence-corrected chi connectivity index (χ4v) is 2.17. The maximum atomic E-state index is 4.63. The summed E-state index contributed by atoms with van der Waals surface area (Å²) in [6.07, 6.45) is 0.761. The lowest BCUT2D eigenvalue weighted by Gasteiger charge is -2.05. The Morgan fingerprint density at radius 1 is 0.778 bits per heavy atom. The lowest BCUT2D eigenvalue weighted by molar-refractivity contribution is 0.973. The van der Waals surface area contributed by atoms with E-state index in [0.717, 1.165) is 23.1 Å². The van der Waals surface area contributed by atoms with E-state index in [1.54, 1.807) is 0 Å². The van der Waals surface area contributed by atoms with Crippen LogP contribution < -0.4 is 0 Å². The predicted octanol–water partition coefficient (Wildman–Crippen LogP) is 3.51. The molecule has 3 heteroatoms. The van der Waals surface area contributed by atoms with Crippen molar-refractivity contribution in [1.82, 2.24) is 9.97 Å². The molecule has 1 heterocycles. The van der Waals surface area contributed by atoms with Gasteiger partial charge in [0.1, 0.15) is 5.03 Å². The summed E-state index contributed by atoms with van der Waals surface area (Å²) in [7, 11) is 0. The summed E-state index contributed by atoms with van der Waals surface area (Å²) in [6, 6.07) is 18.1. The molecule has 0 spiro atoms. The summed E-state index contributed by atoms with van der Waals surface area (Å²) in [5, 5.41) is 0.706. The summed E-state index contributed by atoms with van der Waals surface area (Å²) in [5.74, 6) is 0. The predicted molar refractivity (Wildman–Crippen MR) is 76.0 cm³/mol. The number of nitrogens with zero attached hydrogens (tertiary/aromatic N) is 2. The van der Waals surface area contributed by atoms with E-state index < -0.39 is 0 Å². The van der Waals surface area contributed by atoms with Gasteiger partial charge < -0.3 is 0 Å². The molecular formula is C15H12N2S. The van der Waals surface area contributed by atoms with E-state index >= 15 is 0 Å². The van der Waals surface area contributed by atoms with Crippen LogP contribution in [0.5, 0.6) is 0 Å². The minimum Gasteiger partial charge on any atom is -0.248 e. The second kappa shape index (κ2) is 4.78. The molecule has 1 aromatic heterocycles. The Morgan fingerprint density at radius 2 is 1.39 bits per heavy atom. The highest BCUT2D eigenvalue weighted by molar-refractivity contribution is 7.80. The van der Waals surface area contributed by atoms with E-state index in [1.165, 1.54) is 5.56 Å². The van der Waals surface area contributed by atoms with Gasteiger partial charge in [-0.1, -0.05) is 42.5 Å². The van der Waals surface area contributed by atoms with Gasteiger partial charge in [0.15, 0.2) is 0 Å². The smallest absolute Gasteiger partial charge is 0.116 e. The minimum absolute atomic E-state index is 0.706. The third kappa shape index (κ3) is 2.22. The van der Waals surface area contributed by atoms with E-state index in [0.29, 0.717) is 5.03 Å². The maximum Gasteiger partial charge on any atom is 0.116 e. The van der Waals surface area contributed by atoms with Gasteiger partial charge in [-0.15, -0.1) is 12.6 Å². The lowest BCUT2D eigenvalue weighted by Crippen LogP contribution is -1.97. The topological polar surface area (TPSA) is 25.8 Å². The zero-order valence-corrected chi connectivity index (χ0v) is 10.6. The average molecular weight is 252 g/mol. The largest absolute Gasteiger partial charge is 0.248 e. The van der Waals surface area contributed by atoms with Crippen molar-refractivity contribution in [2.45, 2.75) is 11.4 Å². The number of hydrogen-bond donors (Lipinski definition) is 1. The number of aromatic nitrogens is 2. The van der Waals surface area contributed by atoms with Crippen LogP contribution in [0.2, 0.25) is 0 Å². The van der Waals surface area contributed by atoms with Crippen LogP contribution in [0.4, 0.5) is 0 Å². The highest BCUT2D eigenvalue weighted by Gasteiger charge is 2.06. The van der Waals surface area contributed by atoms with Gasteiger partial charge in [-0.05, 0) is 17.7 Å². The molecule has 2 aromatic carbocycles. The molecule has 0 aliphatic carbocycles. The highest BCUT2D eigenvalue weighted by atomic mass is 32.1. The average Bonchev–Trinajstić information content (AvgIpc) is 2.41. The van der Waals surface area contributed by atoms with Gasteiger partial charge >= 0.3 is 0 Å². The molecule has 3 rings (SSSR count). The number of rotatable bonds is 2. The molecule has 0 fully saturated rings. The molecule has 0 amide bonds. The van der Waals surface area contributed by atoms with Crippen LogP contribution in [0.3, 0.4) is 0 Å². The van der Waals surface area contributed by atoms with Gasteiger partial charge in [0, 0.05) is 6.42 Å². The number of benzene rings is 2. The first-order chi connectivity index (χ1) is 8.83. The van der Waals surface area contributed by atoms with Crippen LogP contribution in [-0.4, -0.2) is 9.97 Å². The first-order valence-corrected chi connectivity index (χ1v) is 6.26. The molecule has 88 valence electrons. The Balaban J connectivity index is 2.04. The van der Waals surface area contributed by atoms with Crippen molar-refractivity contribution in [1.29, 1.82) is 0 Å². The van der Waals surface area contributed by atoms with Crippen LogP contribution in [0.25, 0.3) is 11.0 Å². The summed E-state index contributed by atoms with van der Waals surface area (Å²) in [4.78, 5) is 9.10. The minimum atomic E-state index is 0.706. The third-order valence-electron chi connectivity index (χ3n) is 2.84. The Labute approximate surface area is 111 Å². The van der Waals surface area contributed by atoms with Crippen molar-refractivity contribution in [2.75, 3.05) is 0 Å². The zero-order chi connectivity index (χ0) is 12.4. The summed E-state index contributed by atoms with van der Waals surface area (Å²) >= 11 is 4.43. The molecule has 0 radical (unpaired) electrons. The summed E-state index contributed by atoms with van der Waals surface area (Å²) in [6.45, 7) is 0. The molecular weight excluding hydrogens is 240 g/mol. The third-order valence-corrected chi connectivity index (χ3v) is 3.19. The number of thiol groups is 1. The van der Waals surface area contributed by atoms with Gasteiger partial charge in [0.25, 0.3) is 0 Å². The number of hydrogen-bond acceptors (Lipinski definition) is 3. The van der Waals surface area contributed by atoms with Gasteiger partial charge in [-0.2, -0.15) is 0 Å². The number of fused-ring (bicyclic) bond motifs is 1. The highest BCUT2D eigenvalue weighted by Crippen LogP contribution is 2.18. The molecule has 0 atom stereocenters. The van der Waals surface area contributed by atoms with Crippen molar-refractivity contribution in [3.63, 3.8) is 0 Å². The van der Waals surface area contributed by atoms with Crippen molar-refractivity contribution < 1.29 is 0 Å². The van der Waals surface area contributed by atoms with Crippen LogP contribution in [0.15, 0.2) is 59.6 Å². The fraction of sp³-hybridized carbons (Fsp3) is 0.0667. The first-order valence-electron chi connectivity index (χ1n) is 5.81. The van der Waals surface area contributed by atoms with E-state index in [4.69, 9.17) is 0 Å². The van der Waals surface area contributed by atoms with E-state index in [2.05, 4.69) is 34.7 Å². The monoisotopic (exact) mass is 252 g/mol. The Bertz CT molecular complexity index is 680. The van der Waals surface area contributed by atoms with Crippen LogP contribution in [0, 0.1) is 0 Å². The number of para-hydroxylation sites is 2. The Hall–Kier alpha value is -1.87. The zero-order valence-electron chi connectivity index (χ0n) is 9.74. The van der Waals surface area contributed by atoms with Crippen LogP contribution >= 0.6 is 12.6 Å². The van der Waals surface area contributed by atoms with Crippen LogP contribution in [-0.2, 0) is 6.42 Å². The maximum absolute atomic E-state index is 4.63. The van der Waals surface area contributed by atoms with Gasteiger partial charge in [0.05, 0.1) is 16.7 Å². The molecule has 0 bridgehead atoms.